The fraction of sp³-hybridized carbons (Fsp3) is 0.235. The second-order valence-electron chi connectivity index (χ2n) is 5.79. The van der Waals surface area contributed by atoms with Crippen LogP contribution in [-0.4, -0.2) is 20.3 Å². The molecule has 0 bridgehead atoms. The predicted octanol–water partition coefficient (Wildman–Crippen LogP) is 4.58. The minimum atomic E-state index is -4.62. The number of aromatic nitrogens is 3. The van der Waals surface area contributed by atoms with Crippen LogP contribution in [0.25, 0.3) is 5.65 Å². The van der Waals surface area contributed by atoms with E-state index < -0.39 is 29.4 Å². The number of pyridine rings is 2. The molecule has 1 N–H and O–H groups in total. The molecule has 3 rings (SSSR count). The average molecular weight is 402 g/mol. The van der Waals surface area contributed by atoms with Crippen LogP contribution in [0.4, 0.5) is 32.2 Å². The van der Waals surface area contributed by atoms with Crippen LogP contribution >= 0.6 is 0 Å². The summed E-state index contributed by atoms with van der Waals surface area (Å²) in [5.41, 5.74) is -1.74. The van der Waals surface area contributed by atoms with Crippen molar-refractivity contribution in [1.82, 2.24) is 14.4 Å². The van der Waals surface area contributed by atoms with Crippen molar-refractivity contribution in [1.29, 1.82) is 0 Å². The van der Waals surface area contributed by atoms with Crippen molar-refractivity contribution in [3.8, 4) is 0 Å². The minimum absolute atomic E-state index is 0.135. The van der Waals surface area contributed by atoms with Crippen molar-refractivity contribution in [3.05, 3.63) is 59.2 Å². The van der Waals surface area contributed by atoms with Gasteiger partial charge in [0.1, 0.15) is 17.2 Å². The van der Waals surface area contributed by atoms with Crippen molar-refractivity contribution in [2.75, 3.05) is 5.32 Å². The van der Waals surface area contributed by atoms with Crippen LogP contribution in [0.3, 0.4) is 0 Å². The Labute approximate surface area is 154 Å². The number of fused-ring (bicyclic) bond motifs is 1. The van der Waals surface area contributed by atoms with Crippen LogP contribution in [0.1, 0.15) is 34.2 Å². The molecule has 5 nitrogen and oxygen atoms in total. The molecule has 0 radical (unpaired) electrons. The van der Waals surface area contributed by atoms with Crippen molar-refractivity contribution >= 4 is 17.4 Å². The summed E-state index contributed by atoms with van der Waals surface area (Å²) >= 11 is 0. The topological polar surface area (TPSA) is 59.3 Å². The number of carbonyl (C=O) groups excluding carboxylic acids is 1. The smallest absolute Gasteiger partial charge is 0.305 e. The number of nitrogens with one attached hydrogen (secondary N) is 1. The second kappa shape index (κ2) is 6.80. The van der Waals surface area contributed by atoms with E-state index in [4.69, 9.17) is 0 Å². The number of hydrogen-bond donors (Lipinski definition) is 1. The van der Waals surface area contributed by atoms with Crippen molar-refractivity contribution in [2.24, 2.45) is 0 Å². The number of aryl methyl sites for hydroxylation is 1. The van der Waals surface area contributed by atoms with Gasteiger partial charge in [0, 0.05) is 12.4 Å². The van der Waals surface area contributed by atoms with E-state index in [0.717, 1.165) is 34.9 Å². The highest BCUT2D eigenvalue weighted by Gasteiger charge is 2.32. The molecular weight excluding hydrogens is 390 g/mol. The highest BCUT2D eigenvalue weighted by atomic mass is 19.4. The first kappa shape index (κ1) is 19.6. The molecule has 3 aromatic rings. The lowest BCUT2D eigenvalue weighted by Gasteiger charge is -2.10. The maximum Gasteiger partial charge on any atom is 0.417 e. The van der Waals surface area contributed by atoms with Gasteiger partial charge in [-0.3, -0.25) is 9.20 Å². The Balaban J connectivity index is 1.98. The zero-order valence-electron chi connectivity index (χ0n) is 14.2. The number of nitrogens with zero attached hydrogens (tertiary/aromatic N) is 3. The highest BCUT2D eigenvalue weighted by molar-refractivity contribution is 6.04. The van der Waals surface area contributed by atoms with Crippen LogP contribution < -0.4 is 5.32 Å². The van der Waals surface area contributed by atoms with Crippen molar-refractivity contribution in [2.45, 2.75) is 25.7 Å². The lowest BCUT2D eigenvalue weighted by atomic mass is 10.2. The van der Waals surface area contributed by atoms with Crippen molar-refractivity contribution < 1.29 is 31.1 Å². The number of halogens is 6. The Morgan fingerprint density at radius 3 is 2.21 bits per heavy atom. The van der Waals surface area contributed by atoms with Gasteiger partial charge < -0.3 is 5.32 Å². The Hall–Kier alpha value is -3.11. The molecule has 1 amide bonds. The molecule has 0 saturated heterocycles. The Morgan fingerprint density at radius 2 is 1.68 bits per heavy atom. The van der Waals surface area contributed by atoms with Gasteiger partial charge in [-0.05, 0) is 30.7 Å². The Kier molecular flexibility index (Phi) is 4.77. The summed E-state index contributed by atoms with van der Waals surface area (Å²) in [7, 11) is 0. The third-order valence-electron chi connectivity index (χ3n) is 3.90. The third-order valence-corrected chi connectivity index (χ3v) is 3.90. The van der Waals surface area contributed by atoms with Gasteiger partial charge in [0.25, 0.3) is 5.91 Å². The van der Waals surface area contributed by atoms with Gasteiger partial charge in [-0.25, -0.2) is 9.97 Å². The lowest BCUT2D eigenvalue weighted by Crippen LogP contribution is -2.18. The van der Waals surface area contributed by atoms with Crippen LogP contribution in [0, 0.1) is 0 Å². The largest absolute Gasteiger partial charge is 0.417 e. The van der Waals surface area contributed by atoms with Gasteiger partial charge in [-0.1, -0.05) is 6.92 Å². The maximum atomic E-state index is 13.0. The fourth-order valence-electron chi connectivity index (χ4n) is 2.56. The number of alkyl halides is 6. The first-order chi connectivity index (χ1) is 13.0. The van der Waals surface area contributed by atoms with E-state index in [2.05, 4.69) is 15.3 Å². The molecule has 0 aliphatic rings. The monoisotopic (exact) mass is 402 g/mol. The van der Waals surface area contributed by atoms with E-state index in [0.29, 0.717) is 6.20 Å². The van der Waals surface area contributed by atoms with Crippen LogP contribution in [0.5, 0.6) is 0 Å². The van der Waals surface area contributed by atoms with Crippen LogP contribution in [0.2, 0.25) is 0 Å². The van der Waals surface area contributed by atoms with E-state index in [-0.39, 0.29) is 29.3 Å². The zero-order valence-corrected chi connectivity index (χ0v) is 14.2. The van der Waals surface area contributed by atoms with E-state index >= 15 is 0 Å². The number of amides is 1. The summed E-state index contributed by atoms with van der Waals surface area (Å²) < 4.78 is 77.7. The van der Waals surface area contributed by atoms with E-state index in [1.54, 1.807) is 6.92 Å². The molecule has 0 saturated carbocycles. The quantitative estimate of drug-likeness (QED) is 0.653. The summed E-state index contributed by atoms with van der Waals surface area (Å²) in [6.45, 7) is 1.67. The molecule has 11 heteroatoms. The molecule has 28 heavy (non-hydrogen) atoms. The number of carbonyl (C=O) groups is 1. The molecular formula is C17H12F6N4O. The van der Waals surface area contributed by atoms with E-state index in [1.165, 1.54) is 0 Å². The first-order valence-corrected chi connectivity index (χ1v) is 7.93. The Bertz CT molecular complexity index is 1020. The molecule has 0 unspecified atom stereocenters. The molecule has 0 aliphatic carbocycles. The normalized spacial score (nSPS) is 12.4. The van der Waals surface area contributed by atoms with E-state index in [1.807, 2.05) is 0 Å². The number of imidazole rings is 1. The zero-order chi connectivity index (χ0) is 20.7. The molecule has 3 aromatic heterocycles. The highest BCUT2D eigenvalue weighted by Crippen LogP contribution is 2.31. The third kappa shape index (κ3) is 3.78. The number of hydrogen-bond acceptors (Lipinski definition) is 3. The maximum absolute atomic E-state index is 13.0. The molecule has 3 heterocycles. The summed E-state index contributed by atoms with van der Waals surface area (Å²) in [5.74, 6) is -1.02. The molecule has 0 fully saturated rings. The van der Waals surface area contributed by atoms with Crippen LogP contribution in [0.15, 0.2) is 36.7 Å². The van der Waals surface area contributed by atoms with Gasteiger partial charge in [0.05, 0.1) is 16.8 Å². The van der Waals surface area contributed by atoms with Crippen molar-refractivity contribution in [3.63, 3.8) is 0 Å². The average Bonchev–Trinajstić information content (AvgIpc) is 2.98. The van der Waals surface area contributed by atoms with Gasteiger partial charge in [0.15, 0.2) is 0 Å². The molecule has 0 aliphatic heterocycles. The summed E-state index contributed by atoms with van der Waals surface area (Å²) in [4.78, 5) is 20.3. The molecule has 0 aromatic carbocycles. The minimum Gasteiger partial charge on any atom is -0.305 e. The molecule has 0 spiro atoms. The molecule has 148 valence electrons. The predicted molar refractivity (Wildman–Crippen MR) is 86.8 cm³/mol. The Morgan fingerprint density at radius 1 is 1.04 bits per heavy atom. The summed E-state index contributed by atoms with van der Waals surface area (Å²) in [6.07, 6.45) is -7.65. The van der Waals surface area contributed by atoms with Gasteiger partial charge in [-0.2, -0.15) is 26.3 Å². The fourth-order valence-corrected chi connectivity index (χ4v) is 2.56. The summed E-state index contributed by atoms with van der Waals surface area (Å²) in [6, 6.07) is 3.67. The first-order valence-electron chi connectivity index (χ1n) is 7.93. The SMILES string of the molecule is CCc1nc2ccc(C(F)(F)F)cn2c1C(=O)Nc1ccc(C(F)(F)F)cn1. The second-order valence-corrected chi connectivity index (χ2v) is 5.79. The van der Waals surface area contributed by atoms with Gasteiger partial charge >= 0.3 is 12.4 Å². The van der Waals surface area contributed by atoms with Gasteiger partial charge in [0.2, 0.25) is 0 Å². The standard InChI is InChI=1S/C17H12F6N4O/c1-2-11-14(27-8-10(17(21,22)23)4-6-13(27)25-11)15(28)26-12-5-3-9(7-24-12)16(18,19)20/h3-8H,2H2,1H3,(H,24,26,28). The lowest BCUT2D eigenvalue weighted by molar-refractivity contribution is -0.138. The van der Waals surface area contributed by atoms with Gasteiger partial charge in [-0.15, -0.1) is 0 Å². The number of anilines is 1. The molecule has 0 atom stereocenters. The van der Waals surface area contributed by atoms with E-state index in [9.17, 15) is 31.1 Å². The summed E-state index contributed by atoms with van der Waals surface area (Å²) in [5, 5.41) is 2.29. The van der Waals surface area contributed by atoms with Crippen LogP contribution in [-0.2, 0) is 18.8 Å². The number of rotatable bonds is 3.